The lowest BCUT2D eigenvalue weighted by atomic mass is 10.0. The smallest absolute Gasteiger partial charge is 0.145 e. The van der Waals surface area contributed by atoms with E-state index in [1.165, 1.54) is 0 Å². The predicted molar refractivity (Wildman–Crippen MR) is 134 cm³/mol. The quantitative estimate of drug-likeness (QED) is 0.411. The van der Waals surface area contributed by atoms with Crippen LogP contribution in [0.4, 0.5) is 5.82 Å². The zero-order valence-electron chi connectivity index (χ0n) is 19.6. The standard InChI is InChI=1S/C25H29N5O3S/c1-16-23(17(2)33-28-16)19-13-21-24(26-14-19)20-3-4-22(29-7-11-34(31)12-8-29)27-25(20)30(21)15-18-5-9-32-10-6-18/h3-4,13-14,18H,5-12,15H2,1-2H3. The highest BCUT2D eigenvalue weighted by Crippen LogP contribution is 2.34. The third kappa shape index (κ3) is 3.85. The van der Waals surface area contributed by atoms with Crippen LogP contribution in [0.5, 0.6) is 0 Å². The molecule has 34 heavy (non-hydrogen) atoms. The van der Waals surface area contributed by atoms with Crippen molar-refractivity contribution in [2.75, 3.05) is 42.7 Å². The minimum Gasteiger partial charge on any atom is -0.616 e. The van der Waals surface area contributed by atoms with Crippen LogP contribution in [0.25, 0.3) is 33.2 Å². The van der Waals surface area contributed by atoms with Gasteiger partial charge in [0, 0.05) is 42.5 Å². The van der Waals surface area contributed by atoms with Crippen LogP contribution in [0, 0.1) is 19.8 Å². The Bertz CT molecular complexity index is 1320. The minimum absolute atomic E-state index is 0.540. The predicted octanol–water partition coefficient (Wildman–Crippen LogP) is 3.85. The third-order valence-corrected chi connectivity index (χ3v) is 8.41. The zero-order chi connectivity index (χ0) is 23.2. The highest BCUT2D eigenvalue weighted by Gasteiger charge is 2.24. The van der Waals surface area contributed by atoms with Gasteiger partial charge in [-0.15, -0.1) is 0 Å². The molecule has 6 heterocycles. The molecule has 0 saturated carbocycles. The second kappa shape index (κ2) is 8.87. The summed E-state index contributed by atoms with van der Waals surface area (Å²) in [6.07, 6.45) is 4.02. The first-order chi connectivity index (χ1) is 16.6. The molecule has 0 aliphatic carbocycles. The Morgan fingerprint density at radius 1 is 1.15 bits per heavy atom. The first-order valence-corrected chi connectivity index (χ1v) is 13.5. The van der Waals surface area contributed by atoms with E-state index in [9.17, 15) is 4.55 Å². The van der Waals surface area contributed by atoms with Gasteiger partial charge in [0.05, 0.1) is 29.8 Å². The SMILES string of the molecule is Cc1noc(C)c1-c1cnc2c3ccc(N4CC[S+]([O-])CC4)nc3n(CC3CCOCC3)c2c1. The van der Waals surface area contributed by atoms with E-state index in [1.807, 2.05) is 20.0 Å². The van der Waals surface area contributed by atoms with E-state index in [1.54, 1.807) is 0 Å². The highest BCUT2D eigenvalue weighted by molar-refractivity contribution is 7.91. The van der Waals surface area contributed by atoms with E-state index in [2.05, 4.69) is 32.8 Å². The molecule has 0 bridgehead atoms. The number of hydrogen-bond donors (Lipinski definition) is 0. The van der Waals surface area contributed by atoms with Crippen LogP contribution in [0.1, 0.15) is 24.3 Å². The fourth-order valence-electron chi connectivity index (χ4n) is 5.26. The van der Waals surface area contributed by atoms with Crippen molar-refractivity contribution in [1.82, 2.24) is 19.7 Å². The summed E-state index contributed by atoms with van der Waals surface area (Å²) in [5.41, 5.74) is 5.91. The van der Waals surface area contributed by atoms with Gasteiger partial charge in [-0.1, -0.05) is 16.3 Å². The molecule has 178 valence electrons. The summed E-state index contributed by atoms with van der Waals surface area (Å²) in [6, 6.07) is 6.44. The molecule has 2 saturated heterocycles. The molecule has 0 aromatic carbocycles. The Hall–Kier alpha value is -2.62. The number of anilines is 1. The first kappa shape index (κ1) is 21.9. The molecule has 4 aromatic heterocycles. The van der Waals surface area contributed by atoms with Crippen molar-refractivity contribution in [2.45, 2.75) is 33.2 Å². The molecule has 6 rings (SSSR count). The molecule has 2 aliphatic heterocycles. The van der Waals surface area contributed by atoms with Crippen LogP contribution >= 0.6 is 0 Å². The second-order valence-electron chi connectivity index (χ2n) is 9.33. The van der Waals surface area contributed by atoms with Crippen molar-refractivity contribution >= 4 is 39.1 Å². The molecule has 9 heteroatoms. The maximum absolute atomic E-state index is 11.9. The minimum atomic E-state index is -0.714. The summed E-state index contributed by atoms with van der Waals surface area (Å²) in [5.74, 6) is 3.69. The van der Waals surface area contributed by atoms with Crippen molar-refractivity contribution in [3.63, 3.8) is 0 Å². The molecular weight excluding hydrogens is 450 g/mol. The number of hydrogen-bond acceptors (Lipinski definition) is 7. The van der Waals surface area contributed by atoms with E-state index in [4.69, 9.17) is 19.2 Å². The third-order valence-electron chi connectivity index (χ3n) is 7.14. The molecule has 0 spiro atoms. The van der Waals surface area contributed by atoms with E-state index in [0.29, 0.717) is 17.4 Å². The largest absolute Gasteiger partial charge is 0.616 e. The van der Waals surface area contributed by atoms with Gasteiger partial charge in [-0.05, 0) is 50.8 Å². The number of nitrogens with zero attached hydrogens (tertiary/aromatic N) is 5. The normalized spacial score (nSPS) is 18.4. The van der Waals surface area contributed by atoms with E-state index >= 15 is 0 Å². The van der Waals surface area contributed by atoms with Gasteiger partial charge in [0.1, 0.15) is 28.7 Å². The topological polar surface area (TPSA) is 92.3 Å². The van der Waals surface area contributed by atoms with Gasteiger partial charge in [0.25, 0.3) is 0 Å². The van der Waals surface area contributed by atoms with Gasteiger partial charge >= 0.3 is 0 Å². The van der Waals surface area contributed by atoms with Gasteiger partial charge in [0.15, 0.2) is 0 Å². The monoisotopic (exact) mass is 479 g/mol. The molecule has 0 atom stereocenters. The molecule has 0 N–H and O–H groups in total. The average molecular weight is 480 g/mol. The van der Waals surface area contributed by atoms with Gasteiger partial charge in [-0.2, -0.15) is 0 Å². The summed E-state index contributed by atoms with van der Waals surface area (Å²) >= 11 is -0.714. The Balaban J connectivity index is 1.50. The lowest BCUT2D eigenvalue weighted by Gasteiger charge is -2.29. The fraction of sp³-hybridized carbons (Fsp3) is 0.480. The van der Waals surface area contributed by atoms with Gasteiger partial charge in [-0.25, -0.2) is 4.98 Å². The number of fused-ring (bicyclic) bond motifs is 3. The van der Waals surface area contributed by atoms with E-state index in [0.717, 1.165) is 96.2 Å². The Morgan fingerprint density at radius 2 is 1.94 bits per heavy atom. The highest BCUT2D eigenvalue weighted by atomic mass is 32.2. The Labute approximate surface area is 201 Å². The molecule has 2 fully saturated rings. The van der Waals surface area contributed by atoms with Crippen molar-refractivity contribution < 1.29 is 13.8 Å². The molecule has 8 nitrogen and oxygen atoms in total. The van der Waals surface area contributed by atoms with Gasteiger partial charge in [-0.3, -0.25) is 4.98 Å². The van der Waals surface area contributed by atoms with E-state index in [-0.39, 0.29) is 0 Å². The average Bonchev–Trinajstić information content (AvgIpc) is 3.35. The molecule has 0 amide bonds. The molecule has 4 aromatic rings. The summed E-state index contributed by atoms with van der Waals surface area (Å²) < 4.78 is 25.2. The summed E-state index contributed by atoms with van der Waals surface area (Å²) in [6.45, 7) is 7.97. The summed E-state index contributed by atoms with van der Waals surface area (Å²) in [5, 5.41) is 5.20. The number of aromatic nitrogens is 4. The molecule has 2 aliphatic rings. The number of pyridine rings is 2. The molecule has 0 unspecified atom stereocenters. The number of ether oxygens (including phenoxy) is 1. The zero-order valence-corrected chi connectivity index (χ0v) is 20.4. The van der Waals surface area contributed by atoms with Crippen molar-refractivity contribution in [3.05, 3.63) is 35.9 Å². The molecule has 0 radical (unpaired) electrons. The summed E-state index contributed by atoms with van der Waals surface area (Å²) in [4.78, 5) is 12.3. The Morgan fingerprint density at radius 3 is 2.68 bits per heavy atom. The van der Waals surface area contributed by atoms with Crippen molar-refractivity contribution in [2.24, 2.45) is 5.92 Å². The first-order valence-electron chi connectivity index (χ1n) is 12.0. The van der Waals surface area contributed by atoms with Crippen molar-refractivity contribution in [1.29, 1.82) is 0 Å². The maximum atomic E-state index is 11.9. The fourth-order valence-corrected chi connectivity index (χ4v) is 6.31. The van der Waals surface area contributed by atoms with Crippen molar-refractivity contribution in [3.8, 4) is 11.1 Å². The number of aryl methyl sites for hydroxylation is 2. The van der Waals surface area contributed by atoms with Gasteiger partial charge < -0.3 is 23.3 Å². The van der Waals surface area contributed by atoms with Crippen LogP contribution in [0.2, 0.25) is 0 Å². The van der Waals surface area contributed by atoms with Crippen LogP contribution in [-0.2, 0) is 22.5 Å². The van der Waals surface area contributed by atoms with Crippen LogP contribution in [0.15, 0.2) is 28.9 Å². The van der Waals surface area contributed by atoms with E-state index < -0.39 is 11.2 Å². The lowest BCUT2D eigenvalue weighted by Crippen LogP contribution is -2.40. The van der Waals surface area contributed by atoms with Crippen LogP contribution < -0.4 is 4.90 Å². The summed E-state index contributed by atoms with van der Waals surface area (Å²) in [7, 11) is 0. The van der Waals surface area contributed by atoms with Crippen LogP contribution in [0.3, 0.4) is 0 Å². The molecular formula is C25H29N5O3S. The Kier molecular flexibility index (Phi) is 5.71. The lowest BCUT2D eigenvalue weighted by molar-refractivity contribution is 0.0619. The van der Waals surface area contributed by atoms with Crippen LogP contribution in [-0.4, -0.2) is 62.1 Å². The number of rotatable bonds is 4. The second-order valence-corrected chi connectivity index (χ2v) is 11.0. The van der Waals surface area contributed by atoms with Gasteiger partial charge in [0.2, 0.25) is 0 Å². The maximum Gasteiger partial charge on any atom is 0.145 e.